The lowest BCUT2D eigenvalue weighted by Gasteiger charge is -2.29. The number of carbonyl (C=O) groups is 1. The summed E-state index contributed by atoms with van der Waals surface area (Å²) >= 11 is 0. The van der Waals surface area contributed by atoms with Crippen molar-refractivity contribution in [1.82, 2.24) is 4.98 Å². The fourth-order valence-corrected chi connectivity index (χ4v) is 2.51. The molecule has 5 nitrogen and oxygen atoms in total. The van der Waals surface area contributed by atoms with Crippen LogP contribution in [-0.4, -0.2) is 37.2 Å². The lowest BCUT2D eigenvalue weighted by molar-refractivity contribution is 0.102. The topological polar surface area (TPSA) is 54.5 Å². The van der Waals surface area contributed by atoms with Gasteiger partial charge in [0.25, 0.3) is 5.91 Å². The number of carbonyl (C=O) groups excluding carboxylic acids is 1. The van der Waals surface area contributed by atoms with Crippen LogP contribution in [0.5, 0.6) is 0 Å². The molecule has 1 fully saturated rings. The van der Waals surface area contributed by atoms with Crippen LogP contribution in [-0.2, 0) is 4.74 Å². The van der Waals surface area contributed by atoms with Crippen LogP contribution in [0.4, 0.5) is 15.9 Å². The predicted molar refractivity (Wildman–Crippen MR) is 86.4 cm³/mol. The smallest absolute Gasteiger partial charge is 0.259 e. The van der Waals surface area contributed by atoms with Crippen molar-refractivity contribution < 1.29 is 13.9 Å². The van der Waals surface area contributed by atoms with E-state index >= 15 is 0 Å². The summed E-state index contributed by atoms with van der Waals surface area (Å²) in [4.78, 5) is 18.9. The van der Waals surface area contributed by atoms with Gasteiger partial charge < -0.3 is 15.0 Å². The normalized spacial score (nSPS) is 14.6. The molecule has 1 N–H and O–H groups in total. The number of aromatic nitrogens is 1. The molecule has 1 aromatic carbocycles. The van der Waals surface area contributed by atoms with E-state index in [1.807, 2.05) is 4.90 Å². The molecular weight excluding hydrogens is 297 g/mol. The van der Waals surface area contributed by atoms with Gasteiger partial charge in [-0.25, -0.2) is 9.37 Å². The van der Waals surface area contributed by atoms with Crippen molar-refractivity contribution in [2.24, 2.45) is 0 Å². The largest absolute Gasteiger partial charge is 0.378 e. The van der Waals surface area contributed by atoms with Gasteiger partial charge in [-0.05, 0) is 36.8 Å². The van der Waals surface area contributed by atoms with Gasteiger partial charge in [0.15, 0.2) is 0 Å². The fraction of sp³-hybridized carbons (Fsp3) is 0.294. The molecule has 0 spiro atoms. The number of morpholine rings is 1. The third-order valence-corrected chi connectivity index (χ3v) is 3.71. The first-order valence-corrected chi connectivity index (χ1v) is 7.50. The summed E-state index contributed by atoms with van der Waals surface area (Å²) in [6.45, 7) is 4.35. The summed E-state index contributed by atoms with van der Waals surface area (Å²) in [5, 5.41) is 2.62. The van der Waals surface area contributed by atoms with E-state index in [9.17, 15) is 9.18 Å². The van der Waals surface area contributed by atoms with E-state index in [-0.39, 0.29) is 11.6 Å². The zero-order valence-corrected chi connectivity index (χ0v) is 12.9. The Morgan fingerprint density at radius 3 is 2.83 bits per heavy atom. The number of amides is 1. The van der Waals surface area contributed by atoms with Crippen molar-refractivity contribution in [3.05, 3.63) is 53.5 Å². The van der Waals surface area contributed by atoms with Gasteiger partial charge in [0.1, 0.15) is 11.6 Å². The Morgan fingerprint density at radius 2 is 2.09 bits per heavy atom. The molecule has 0 atom stereocenters. The Morgan fingerprint density at radius 1 is 1.30 bits per heavy atom. The van der Waals surface area contributed by atoms with Gasteiger partial charge >= 0.3 is 0 Å². The average Bonchev–Trinajstić information content (AvgIpc) is 2.58. The summed E-state index contributed by atoms with van der Waals surface area (Å²) < 4.78 is 19.2. The molecule has 0 saturated carbocycles. The summed E-state index contributed by atoms with van der Waals surface area (Å²) in [6, 6.07) is 8.10. The third-order valence-electron chi connectivity index (χ3n) is 3.71. The van der Waals surface area contributed by atoms with Crippen molar-refractivity contribution in [2.45, 2.75) is 6.92 Å². The molecule has 0 aliphatic carbocycles. The second kappa shape index (κ2) is 6.75. The van der Waals surface area contributed by atoms with Crippen molar-refractivity contribution in [3.8, 4) is 0 Å². The van der Waals surface area contributed by atoms with E-state index in [1.54, 1.807) is 37.4 Å². The Balaban J connectivity index is 1.84. The number of anilines is 2. The van der Waals surface area contributed by atoms with E-state index in [4.69, 9.17) is 4.74 Å². The molecule has 6 heteroatoms. The lowest BCUT2D eigenvalue weighted by Crippen LogP contribution is -2.38. The number of rotatable bonds is 3. The van der Waals surface area contributed by atoms with E-state index < -0.39 is 5.82 Å². The van der Waals surface area contributed by atoms with Gasteiger partial charge in [0, 0.05) is 19.3 Å². The fourth-order valence-electron chi connectivity index (χ4n) is 2.51. The third kappa shape index (κ3) is 3.48. The Hall–Kier alpha value is -2.47. The number of hydrogen-bond acceptors (Lipinski definition) is 4. The molecule has 1 aliphatic heterocycles. The molecule has 1 saturated heterocycles. The highest BCUT2D eigenvalue weighted by atomic mass is 19.1. The van der Waals surface area contributed by atoms with Crippen LogP contribution < -0.4 is 10.2 Å². The molecule has 1 amide bonds. The molecule has 0 unspecified atom stereocenters. The highest BCUT2D eigenvalue weighted by Crippen LogP contribution is 2.21. The lowest BCUT2D eigenvalue weighted by atomic mass is 10.2. The number of nitrogens with zero attached hydrogens (tertiary/aromatic N) is 2. The van der Waals surface area contributed by atoms with Gasteiger partial charge in [-0.15, -0.1) is 0 Å². The number of halogens is 1. The number of pyridine rings is 1. The van der Waals surface area contributed by atoms with Crippen LogP contribution in [0.25, 0.3) is 0 Å². The van der Waals surface area contributed by atoms with Gasteiger partial charge in [-0.2, -0.15) is 0 Å². The SMILES string of the molecule is Cc1ccc(NC(=O)c2cccnc2N2CCOCC2)c(F)c1. The maximum Gasteiger partial charge on any atom is 0.259 e. The minimum atomic E-state index is -0.449. The first-order chi connectivity index (χ1) is 11.1. The van der Waals surface area contributed by atoms with Crippen LogP contribution in [0, 0.1) is 12.7 Å². The monoisotopic (exact) mass is 315 g/mol. The van der Waals surface area contributed by atoms with E-state index in [1.165, 1.54) is 6.07 Å². The first-order valence-electron chi connectivity index (χ1n) is 7.50. The number of benzene rings is 1. The molecule has 1 aromatic heterocycles. The second-order valence-electron chi connectivity index (χ2n) is 5.41. The molecule has 2 heterocycles. The van der Waals surface area contributed by atoms with Crippen LogP contribution >= 0.6 is 0 Å². The molecule has 3 rings (SSSR count). The van der Waals surface area contributed by atoms with Gasteiger partial charge in [0.05, 0.1) is 24.5 Å². The molecular formula is C17H18FN3O2. The number of nitrogens with one attached hydrogen (secondary N) is 1. The quantitative estimate of drug-likeness (QED) is 0.946. The zero-order valence-electron chi connectivity index (χ0n) is 12.9. The molecule has 2 aromatic rings. The van der Waals surface area contributed by atoms with Gasteiger partial charge in [0.2, 0.25) is 0 Å². The number of hydrogen-bond donors (Lipinski definition) is 1. The summed E-state index contributed by atoms with van der Waals surface area (Å²) in [6.07, 6.45) is 1.65. The summed E-state index contributed by atoms with van der Waals surface area (Å²) in [5.74, 6) is -0.224. The van der Waals surface area contributed by atoms with E-state index in [2.05, 4.69) is 10.3 Å². The molecule has 0 radical (unpaired) electrons. The maximum absolute atomic E-state index is 13.9. The Kier molecular flexibility index (Phi) is 4.52. The van der Waals surface area contributed by atoms with Crippen molar-refractivity contribution in [2.75, 3.05) is 36.5 Å². The van der Waals surface area contributed by atoms with Gasteiger partial charge in [-0.1, -0.05) is 6.07 Å². The van der Waals surface area contributed by atoms with E-state index in [0.717, 1.165) is 5.56 Å². The van der Waals surface area contributed by atoms with Crippen molar-refractivity contribution >= 4 is 17.4 Å². The Labute approximate surface area is 134 Å². The zero-order chi connectivity index (χ0) is 16.2. The maximum atomic E-state index is 13.9. The average molecular weight is 315 g/mol. The standard InChI is InChI=1S/C17H18FN3O2/c1-12-4-5-15(14(18)11-12)20-17(22)13-3-2-6-19-16(13)21-7-9-23-10-8-21/h2-6,11H,7-10H2,1H3,(H,20,22). The number of aryl methyl sites for hydroxylation is 1. The van der Waals surface area contributed by atoms with E-state index in [0.29, 0.717) is 37.7 Å². The highest BCUT2D eigenvalue weighted by molar-refractivity contribution is 6.07. The van der Waals surface area contributed by atoms with Crippen LogP contribution in [0.15, 0.2) is 36.5 Å². The van der Waals surface area contributed by atoms with Crippen molar-refractivity contribution in [1.29, 1.82) is 0 Å². The number of ether oxygens (including phenoxy) is 1. The van der Waals surface area contributed by atoms with Crippen LogP contribution in [0.2, 0.25) is 0 Å². The highest BCUT2D eigenvalue weighted by Gasteiger charge is 2.20. The summed E-state index contributed by atoms with van der Waals surface area (Å²) in [5.41, 5.74) is 1.39. The molecule has 23 heavy (non-hydrogen) atoms. The van der Waals surface area contributed by atoms with Gasteiger partial charge in [-0.3, -0.25) is 4.79 Å². The molecule has 120 valence electrons. The molecule has 0 bridgehead atoms. The summed E-state index contributed by atoms with van der Waals surface area (Å²) in [7, 11) is 0. The first kappa shape index (κ1) is 15.4. The van der Waals surface area contributed by atoms with Crippen LogP contribution in [0.1, 0.15) is 15.9 Å². The van der Waals surface area contributed by atoms with Crippen LogP contribution in [0.3, 0.4) is 0 Å². The second-order valence-corrected chi connectivity index (χ2v) is 5.41. The predicted octanol–water partition coefficient (Wildman–Crippen LogP) is 2.62. The minimum absolute atomic E-state index is 0.164. The Bertz CT molecular complexity index is 715. The molecule has 1 aliphatic rings. The minimum Gasteiger partial charge on any atom is -0.378 e. The van der Waals surface area contributed by atoms with Crippen molar-refractivity contribution in [3.63, 3.8) is 0 Å².